The highest BCUT2D eigenvalue weighted by Gasteiger charge is 2.51. The number of hydrogen-bond acceptors (Lipinski definition) is 3. The van der Waals surface area contributed by atoms with E-state index in [1.54, 1.807) is 18.3 Å². The van der Waals surface area contributed by atoms with Gasteiger partial charge in [-0.2, -0.15) is 9.49 Å². The second-order valence-corrected chi connectivity index (χ2v) is 6.18. The van der Waals surface area contributed by atoms with E-state index in [1.165, 1.54) is 29.1 Å². The van der Waals surface area contributed by atoms with E-state index in [1.807, 2.05) is 0 Å². The molecule has 0 spiro atoms. The van der Waals surface area contributed by atoms with Crippen LogP contribution in [0.25, 0.3) is 5.69 Å². The molecule has 132 valence electrons. The third-order valence-electron chi connectivity index (χ3n) is 4.41. The van der Waals surface area contributed by atoms with Crippen LogP contribution in [0.4, 0.5) is 19.0 Å². The number of nitrogens with one attached hydrogen (secondary N) is 1. The molecule has 2 heterocycles. The van der Waals surface area contributed by atoms with Gasteiger partial charge in [-0.15, -0.1) is 0 Å². The first-order chi connectivity index (χ1) is 12.5. The largest absolute Gasteiger partial charge is 0.308 e. The van der Waals surface area contributed by atoms with E-state index in [-0.39, 0.29) is 11.7 Å². The number of aromatic nitrogens is 3. The number of hydrogen-bond donors (Lipinski definition) is 1. The molecule has 0 bridgehead atoms. The third kappa shape index (κ3) is 2.94. The van der Waals surface area contributed by atoms with Crippen LogP contribution < -0.4 is 5.32 Å². The molecule has 0 saturated heterocycles. The molecule has 1 saturated carbocycles. The lowest BCUT2D eigenvalue weighted by molar-refractivity contribution is -0.118. The molecule has 26 heavy (non-hydrogen) atoms. The number of amides is 1. The van der Waals surface area contributed by atoms with Crippen LogP contribution in [0.1, 0.15) is 18.4 Å². The van der Waals surface area contributed by atoms with Crippen LogP contribution in [-0.2, 0) is 10.2 Å². The van der Waals surface area contributed by atoms with E-state index in [0.29, 0.717) is 24.1 Å². The Morgan fingerprint density at radius 3 is 2.46 bits per heavy atom. The van der Waals surface area contributed by atoms with E-state index in [2.05, 4.69) is 15.4 Å². The van der Waals surface area contributed by atoms with Crippen molar-refractivity contribution in [1.29, 1.82) is 0 Å². The molecule has 8 heteroatoms. The monoisotopic (exact) mass is 358 g/mol. The first kappa shape index (κ1) is 16.3. The summed E-state index contributed by atoms with van der Waals surface area (Å²) in [7, 11) is 0. The minimum Gasteiger partial charge on any atom is -0.308 e. The van der Waals surface area contributed by atoms with Gasteiger partial charge in [0.05, 0.1) is 11.1 Å². The molecule has 0 unspecified atom stereocenters. The fourth-order valence-electron chi connectivity index (χ4n) is 2.91. The Labute approximate surface area is 146 Å². The highest BCUT2D eigenvalue weighted by Crippen LogP contribution is 2.49. The van der Waals surface area contributed by atoms with Crippen molar-refractivity contribution in [2.45, 2.75) is 18.3 Å². The molecule has 1 amide bonds. The van der Waals surface area contributed by atoms with Crippen molar-refractivity contribution in [3.8, 4) is 5.69 Å². The molecule has 4 rings (SSSR count). The fourth-order valence-corrected chi connectivity index (χ4v) is 2.91. The molecule has 0 radical (unpaired) electrons. The molecule has 0 atom stereocenters. The second-order valence-electron chi connectivity index (χ2n) is 6.18. The maximum atomic E-state index is 13.5. The van der Waals surface area contributed by atoms with Crippen LogP contribution >= 0.6 is 0 Å². The number of rotatable bonds is 4. The van der Waals surface area contributed by atoms with Crippen LogP contribution in [0.15, 0.2) is 48.8 Å². The highest BCUT2D eigenvalue weighted by atomic mass is 19.1. The van der Waals surface area contributed by atoms with Crippen molar-refractivity contribution in [3.63, 3.8) is 0 Å². The zero-order valence-corrected chi connectivity index (χ0v) is 13.4. The molecule has 1 N–H and O–H groups in total. The number of anilines is 1. The third-order valence-corrected chi connectivity index (χ3v) is 4.41. The Kier molecular flexibility index (Phi) is 3.75. The van der Waals surface area contributed by atoms with Gasteiger partial charge in [0.1, 0.15) is 11.6 Å². The predicted octanol–water partition coefficient (Wildman–Crippen LogP) is 3.35. The number of halogens is 3. The fraction of sp³-hybridized carbons (Fsp3) is 0.167. The quantitative estimate of drug-likeness (QED) is 0.728. The Morgan fingerprint density at radius 1 is 1.08 bits per heavy atom. The van der Waals surface area contributed by atoms with Crippen molar-refractivity contribution in [2.24, 2.45) is 0 Å². The van der Waals surface area contributed by atoms with Crippen molar-refractivity contribution in [2.75, 3.05) is 5.32 Å². The first-order valence-electron chi connectivity index (χ1n) is 7.92. The molecule has 0 aliphatic heterocycles. The first-order valence-corrected chi connectivity index (χ1v) is 7.92. The van der Waals surface area contributed by atoms with Crippen LogP contribution in [0.3, 0.4) is 0 Å². The van der Waals surface area contributed by atoms with Gasteiger partial charge >= 0.3 is 0 Å². The van der Waals surface area contributed by atoms with E-state index >= 15 is 0 Å². The highest BCUT2D eigenvalue weighted by molar-refractivity contribution is 6.00. The summed E-state index contributed by atoms with van der Waals surface area (Å²) in [5.41, 5.74) is -0.190. The van der Waals surface area contributed by atoms with Gasteiger partial charge in [-0.05, 0) is 36.6 Å². The molecule has 1 fully saturated rings. The van der Waals surface area contributed by atoms with E-state index in [0.717, 1.165) is 6.07 Å². The normalized spacial score (nSPS) is 14.9. The predicted molar refractivity (Wildman–Crippen MR) is 87.2 cm³/mol. The van der Waals surface area contributed by atoms with Gasteiger partial charge in [0.15, 0.2) is 5.82 Å². The minimum atomic E-state index is -0.949. The number of pyridine rings is 1. The molecular formula is C18H13F3N4O. The molecular weight excluding hydrogens is 345 g/mol. The lowest BCUT2D eigenvalue weighted by Gasteiger charge is -2.15. The van der Waals surface area contributed by atoms with Gasteiger partial charge in [0.2, 0.25) is 11.9 Å². The van der Waals surface area contributed by atoms with E-state index in [9.17, 15) is 18.0 Å². The number of benzene rings is 1. The topological polar surface area (TPSA) is 59.8 Å². The summed E-state index contributed by atoms with van der Waals surface area (Å²) >= 11 is 0. The van der Waals surface area contributed by atoms with Gasteiger partial charge in [-0.1, -0.05) is 0 Å². The minimum absolute atomic E-state index is 0.260. The summed E-state index contributed by atoms with van der Waals surface area (Å²) < 4.78 is 41.5. The summed E-state index contributed by atoms with van der Waals surface area (Å²) in [4.78, 5) is 16.1. The molecule has 1 aliphatic carbocycles. The number of carbonyl (C=O) groups excluding carboxylic acids is 1. The van der Waals surface area contributed by atoms with Gasteiger partial charge in [-0.25, -0.2) is 18.4 Å². The van der Waals surface area contributed by atoms with Crippen molar-refractivity contribution < 1.29 is 18.0 Å². The SMILES string of the molecule is O=C(Nc1ccn(-c2ccnc(F)c2)n1)C1(c2cc(F)cc(F)c2)CC1. The summed E-state index contributed by atoms with van der Waals surface area (Å²) in [6.45, 7) is 0. The van der Waals surface area contributed by atoms with Gasteiger partial charge < -0.3 is 5.32 Å². The van der Waals surface area contributed by atoms with Crippen LogP contribution in [0.5, 0.6) is 0 Å². The molecule has 1 aromatic carbocycles. The summed E-state index contributed by atoms with van der Waals surface area (Å²) in [6.07, 6.45) is 3.87. The lowest BCUT2D eigenvalue weighted by atomic mass is 9.94. The Hall–Kier alpha value is -3.16. The molecule has 3 aromatic rings. The number of nitrogens with zero attached hydrogens (tertiary/aromatic N) is 3. The summed E-state index contributed by atoms with van der Waals surface area (Å²) in [6, 6.07) is 7.45. The Morgan fingerprint density at radius 2 is 1.81 bits per heavy atom. The second kappa shape index (κ2) is 5.98. The molecule has 5 nitrogen and oxygen atoms in total. The summed E-state index contributed by atoms with van der Waals surface area (Å²) in [5.74, 6) is -2.20. The van der Waals surface area contributed by atoms with Crippen molar-refractivity contribution in [1.82, 2.24) is 14.8 Å². The van der Waals surface area contributed by atoms with Crippen LogP contribution in [0.2, 0.25) is 0 Å². The Balaban J connectivity index is 1.55. The summed E-state index contributed by atoms with van der Waals surface area (Å²) in [5, 5.41) is 6.84. The van der Waals surface area contributed by atoms with Crippen LogP contribution in [0, 0.1) is 17.6 Å². The van der Waals surface area contributed by atoms with Crippen LogP contribution in [-0.4, -0.2) is 20.7 Å². The number of carbonyl (C=O) groups is 1. The average Bonchev–Trinajstić information content (AvgIpc) is 3.28. The van der Waals surface area contributed by atoms with Crippen molar-refractivity contribution >= 4 is 11.7 Å². The van der Waals surface area contributed by atoms with Gasteiger partial charge in [0.25, 0.3) is 0 Å². The van der Waals surface area contributed by atoms with Crippen molar-refractivity contribution in [3.05, 3.63) is 71.9 Å². The Bertz CT molecular complexity index is 977. The van der Waals surface area contributed by atoms with E-state index in [4.69, 9.17) is 0 Å². The smallest absolute Gasteiger partial charge is 0.236 e. The maximum absolute atomic E-state index is 13.5. The average molecular weight is 358 g/mol. The standard InChI is InChI=1S/C18H13F3N4O/c19-12-7-11(8-13(20)9-12)18(3-4-18)17(26)23-16-2-6-25(24-16)14-1-5-22-15(21)10-14/h1-2,5-10H,3-4H2,(H,23,24,26). The molecule has 2 aromatic heterocycles. The maximum Gasteiger partial charge on any atom is 0.236 e. The van der Waals surface area contributed by atoms with Gasteiger partial charge in [-0.3, -0.25) is 4.79 Å². The lowest BCUT2D eigenvalue weighted by Crippen LogP contribution is -2.28. The zero-order chi connectivity index (χ0) is 18.3. The van der Waals surface area contributed by atoms with Gasteiger partial charge in [0, 0.05) is 30.6 Å². The van der Waals surface area contributed by atoms with E-state index < -0.39 is 23.0 Å². The zero-order valence-electron chi connectivity index (χ0n) is 13.4. The molecule has 1 aliphatic rings.